The van der Waals surface area contributed by atoms with Crippen LogP contribution in [0.1, 0.15) is 29.5 Å². The van der Waals surface area contributed by atoms with E-state index in [9.17, 15) is 4.79 Å². The molecule has 0 atom stereocenters. The topological polar surface area (TPSA) is 38.3 Å². The van der Waals surface area contributed by atoms with Gasteiger partial charge in [0.2, 0.25) is 5.91 Å². The molecule has 0 heterocycles. The average molecular weight is 295 g/mol. The highest BCUT2D eigenvalue weighted by Crippen LogP contribution is 2.48. The van der Waals surface area contributed by atoms with Gasteiger partial charge in [-0.3, -0.25) is 4.79 Å². The maximum absolute atomic E-state index is 12.6. The van der Waals surface area contributed by atoms with Gasteiger partial charge in [0.25, 0.3) is 0 Å². The number of benzene rings is 2. The second-order valence-corrected chi connectivity index (χ2v) is 5.88. The first-order chi connectivity index (χ1) is 10.7. The molecule has 114 valence electrons. The molecule has 0 bridgehead atoms. The number of carbonyl (C=O) groups is 1. The standard InChI is InChI=1S/C19H21NO2/c1-22-14-16-7-5-6-15(12-16)13-20-18(21)19(10-11-19)17-8-3-2-4-9-17/h2-9,12H,10-11,13-14H2,1H3,(H,20,21). The number of hydrogen-bond acceptors (Lipinski definition) is 2. The van der Waals surface area contributed by atoms with Gasteiger partial charge in [-0.15, -0.1) is 0 Å². The lowest BCUT2D eigenvalue weighted by molar-refractivity contribution is -0.123. The maximum atomic E-state index is 12.6. The lowest BCUT2D eigenvalue weighted by Gasteiger charge is -2.16. The summed E-state index contributed by atoms with van der Waals surface area (Å²) in [5.74, 6) is 0.135. The molecular formula is C19H21NO2. The van der Waals surface area contributed by atoms with E-state index in [1.165, 1.54) is 0 Å². The molecule has 2 aromatic rings. The van der Waals surface area contributed by atoms with Crippen LogP contribution in [-0.2, 0) is 28.1 Å². The highest BCUT2D eigenvalue weighted by Gasteiger charge is 2.50. The van der Waals surface area contributed by atoms with Gasteiger partial charge in [-0.05, 0) is 29.5 Å². The third kappa shape index (κ3) is 3.04. The van der Waals surface area contributed by atoms with E-state index in [-0.39, 0.29) is 11.3 Å². The molecule has 1 aliphatic carbocycles. The van der Waals surface area contributed by atoms with Crippen molar-refractivity contribution in [3.05, 3.63) is 71.3 Å². The van der Waals surface area contributed by atoms with E-state index in [1.54, 1.807) is 7.11 Å². The predicted molar refractivity (Wildman–Crippen MR) is 86.4 cm³/mol. The fourth-order valence-corrected chi connectivity index (χ4v) is 2.88. The highest BCUT2D eigenvalue weighted by molar-refractivity contribution is 5.91. The lowest BCUT2D eigenvalue weighted by atomic mass is 9.95. The maximum Gasteiger partial charge on any atom is 0.230 e. The van der Waals surface area contributed by atoms with Crippen LogP contribution in [0, 0.1) is 0 Å². The number of hydrogen-bond donors (Lipinski definition) is 1. The van der Waals surface area contributed by atoms with Crippen LogP contribution in [0.5, 0.6) is 0 Å². The summed E-state index contributed by atoms with van der Waals surface area (Å²) >= 11 is 0. The van der Waals surface area contributed by atoms with Gasteiger partial charge in [-0.2, -0.15) is 0 Å². The van der Waals surface area contributed by atoms with Crippen molar-refractivity contribution in [2.45, 2.75) is 31.4 Å². The highest BCUT2D eigenvalue weighted by atomic mass is 16.5. The quantitative estimate of drug-likeness (QED) is 0.889. The third-order valence-electron chi connectivity index (χ3n) is 4.27. The van der Waals surface area contributed by atoms with Gasteiger partial charge < -0.3 is 10.1 Å². The molecule has 0 radical (unpaired) electrons. The van der Waals surface area contributed by atoms with E-state index in [1.807, 2.05) is 48.5 Å². The minimum atomic E-state index is -0.300. The minimum Gasteiger partial charge on any atom is -0.380 e. The first-order valence-corrected chi connectivity index (χ1v) is 7.65. The summed E-state index contributed by atoms with van der Waals surface area (Å²) in [7, 11) is 1.69. The van der Waals surface area contributed by atoms with Crippen LogP contribution in [0.3, 0.4) is 0 Å². The van der Waals surface area contributed by atoms with Crippen molar-refractivity contribution in [3.8, 4) is 0 Å². The van der Waals surface area contributed by atoms with Gasteiger partial charge in [-0.25, -0.2) is 0 Å². The van der Waals surface area contributed by atoms with Crippen molar-refractivity contribution >= 4 is 5.91 Å². The van der Waals surface area contributed by atoms with E-state index in [0.29, 0.717) is 13.2 Å². The number of rotatable bonds is 6. The SMILES string of the molecule is COCc1cccc(CNC(=O)C2(c3ccccc3)CC2)c1. The third-order valence-corrected chi connectivity index (χ3v) is 4.27. The second-order valence-electron chi connectivity index (χ2n) is 5.88. The molecule has 0 spiro atoms. The molecule has 1 fully saturated rings. The Morgan fingerprint density at radius 2 is 1.82 bits per heavy atom. The number of nitrogens with one attached hydrogen (secondary N) is 1. The molecule has 1 aliphatic rings. The smallest absolute Gasteiger partial charge is 0.230 e. The largest absolute Gasteiger partial charge is 0.380 e. The van der Waals surface area contributed by atoms with Gasteiger partial charge >= 0.3 is 0 Å². The van der Waals surface area contributed by atoms with Crippen molar-refractivity contribution in [2.24, 2.45) is 0 Å². The van der Waals surface area contributed by atoms with Crippen molar-refractivity contribution in [1.82, 2.24) is 5.32 Å². The zero-order valence-corrected chi connectivity index (χ0v) is 12.8. The molecule has 3 heteroatoms. The second kappa shape index (κ2) is 6.32. The van der Waals surface area contributed by atoms with Crippen LogP contribution < -0.4 is 5.32 Å². The Morgan fingerprint density at radius 1 is 1.09 bits per heavy atom. The van der Waals surface area contributed by atoms with Crippen LogP contribution in [0.4, 0.5) is 0 Å². The van der Waals surface area contributed by atoms with Crippen molar-refractivity contribution in [3.63, 3.8) is 0 Å². The first-order valence-electron chi connectivity index (χ1n) is 7.65. The first kappa shape index (κ1) is 14.8. The Labute approximate surface area is 131 Å². The zero-order chi connectivity index (χ0) is 15.4. The van der Waals surface area contributed by atoms with Gasteiger partial charge in [-0.1, -0.05) is 54.6 Å². The number of carbonyl (C=O) groups excluding carboxylic acids is 1. The summed E-state index contributed by atoms with van der Waals surface area (Å²) in [5.41, 5.74) is 3.05. The molecule has 0 aliphatic heterocycles. The fraction of sp³-hybridized carbons (Fsp3) is 0.316. The molecule has 0 saturated heterocycles. The van der Waals surface area contributed by atoms with E-state index in [0.717, 1.165) is 29.5 Å². The molecular weight excluding hydrogens is 274 g/mol. The van der Waals surface area contributed by atoms with Crippen LogP contribution in [-0.4, -0.2) is 13.0 Å². The van der Waals surface area contributed by atoms with E-state index >= 15 is 0 Å². The Hall–Kier alpha value is -2.13. The molecule has 3 nitrogen and oxygen atoms in total. The molecule has 22 heavy (non-hydrogen) atoms. The molecule has 2 aromatic carbocycles. The minimum absolute atomic E-state index is 0.135. The normalized spacial score (nSPS) is 15.3. The summed E-state index contributed by atoms with van der Waals surface area (Å²) in [6.45, 7) is 1.15. The monoisotopic (exact) mass is 295 g/mol. The summed E-state index contributed by atoms with van der Waals surface area (Å²) < 4.78 is 5.14. The lowest BCUT2D eigenvalue weighted by Crippen LogP contribution is -2.34. The fourth-order valence-electron chi connectivity index (χ4n) is 2.88. The molecule has 0 unspecified atom stereocenters. The van der Waals surface area contributed by atoms with Gasteiger partial charge in [0.1, 0.15) is 0 Å². The Bertz CT molecular complexity index is 647. The summed E-state index contributed by atoms with van der Waals surface area (Å²) in [6.07, 6.45) is 1.87. The van der Waals surface area contributed by atoms with Crippen molar-refractivity contribution in [2.75, 3.05) is 7.11 Å². The van der Waals surface area contributed by atoms with Crippen LogP contribution in [0.25, 0.3) is 0 Å². The summed E-state index contributed by atoms with van der Waals surface area (Å²) in [6, 6.07) is 18.2. The molecule has 1 N–H and O–H groups in total. The zero-order valence-electron chi connectivity index (χ0n) is 12.8. The van der Waals surface area contributed by atoms with Crippen LogP contribution >= 0.6 is 0 Å². The Kier molecular flexibility index (Phi) is 4.25. The van der Waals surface area contributed by atoms with Crippen LogP contribution in [0.15, 0.2) is 54.6 Å². The Balaban J connectivity index is 1.64. The summed E-state index contributed by atoms with van der Waals surface area (Å²) in [4.78, 5) is 12.6. The van der Waals surface area contributed by atoms with Crippen molar-refractivity contribution in [1.29, 1.82) is 0 Å². The average Bonchev–Trinajstić information content (AvgIpc) is 3.36. The van der Waals surface area contributed by atoms with Gasteiger partial charge in [0, 0.05) is 13.7 Å². The molecule has 0 aromatic heterocycles. The molecule has 3 rings (SSSR count). The van der Waals surface area contributed by atoms with Crippen LogP contribution in [0.2, 0.25) is 0 Å². The number of amides is 1. The van der Waals surface area contributed by atoms with Crippen molar-refractivity contribution < 1.29 is 9.53 Å². The van der Waals surface area contributed by atoms with E-state index < -0.39 is 0 Å². The van der Waals surface area contributed by atoms with Gasteiger partial charge in [0.15, 0.2) is 0 Å². The number of ether oxygens (including phenoxy) is 1. The molecule has 1 amide bonds. The summed E-state index contributed by atoms with van der Waals surface area (Å²) in [5, 5.41) is 3.09. The van der Waals surface area contributed by atoms with Gasteiger partial charge in [0.05, 0.1) is 12.0 Å². The predicted octanol–water partition coefficient (Wildman–Crippen LogP) is 3.18. The van der Waals surface area contributed by atoms with E-state index in [4.69, 9.17) is 4.74 Å². The van der Waals surface area contributed by atoms with E-state index in [2.05, 4.69) is 11.4 Å². The Morgan fingerprint density at radius 3 is 2.50 bits per heavy atom. The molecule has 1 saturated carbocycles. The number of methoxy groups -OCH3 is 1.